The number of likely N-dealkylation sites (N-methyl/N-ethyl adjacent to an activating group) is 1. The molecule has 1 aromatic heterocycles. The maximum atomic E-state index is 13.4. The van der Waals surface area contributed by atoms with Crippen LogP contribution in [0.4, 0.5) is 4.39 Å². The monoisotopic (exact) mass is 335 g/mol. The van der Waals surface area contributed by atoms with Gasteiger partial charge in [0.25, 0.3) is 0 Å². The van der Waals surface area contributed by atoms with Gasteiger partial charge in [0.15, 0.2) is 0 Å². The van der Waals surface area contributed by atoms with Gasteiger partial charge in [-0.05, 0) is 50.6 Å². The maximum Gasteiger partial charge on any atom is 0.241 e. The van der Waals surface area contributed by atoms with Crippen LogP contribution in [-0.2, 0) is 11.3 Å². The minimum absolute atomic E-state index is 0.0605. The smallest absolute Gasteiger partial charge is 0.241 e. The molecule has 0 saturated carbocycles. The van der Waals surface area contributed by atoms with Gasteiger partial charge in [-0.2, -0.15) is 4.98 Å². The van der Waals surface area contributed by atoms with Crippen molar-refractivity contribution in [2.45, 2.75) is 31.8 Å². The Labute approximate surface area is 140 Å². The summed E-state index contributed by atoms with van der Waals surface area (Å²) in [5.41, 5.74) is 0.936. The van der Waals surface area contributed by atoms with Crippen LogP contribution in [0.3, 0.4) is 0 Å². The van der Waals surface area contributed by atoms with Crippen LogP contribution in [0.5, 0.6) is 0 Å². The van der Waals surface area contributed by atoms with E-state index < -0.39 is 0 Å². The molecular formula is C17H22FN3O3. The predicted molar refractivity (Wildman–Crippen MR) is 85.8 cm³/mol. The molecule has 2 heterocycles. The van der Waals surface area contributed by atoms with Crippen molar-refractivity contribution in [2.24, 2.45) is 0 Å². The van der Waals surface area contributed by atoms with E-state index in [0.29, 0.717) is 37.0 Å². The molecule has 0 bridgehead atoms. The number of hydrogen-bond acceptors (Lipinski definition) is 6. The Morgan fingerprint density at radius 2 is 2.08 bits per heavy atom. The minimum Gasteiger partial charge on any atom is -0.394 e. The zero-order valence-corrected chi connectivity index (χ0v) is 14.0. The molecule has 7 heteroatoms. The molecule has 0 radical (unpaired) electrons. The highest BCUT2D eigenvalue weighted by Crippen LogP contribution is 2.28. The van der Waals surface area contributed by atoms with E-state index in [1.807, 2.05) is 11.9 Å². The molecule has 6 nitrogen and oxygen atoms in total. The lowest BCUT2D eigenvalue weighted by Gasteiger charge is -2.42. The average Bonchev–Trinajstić information content (AvgIpc) is 3.06. The quantitative estimate of drug-likeness (QED) is 0.903. The third-order valence-corrected chi connectivity index (χ3v) is 4.78. The first-order valence-corrected chi connectivity index (χ1v) is 8.03. The zero-order valence-electron chi connectivity index (χ0n) is 14.0. The van der Waals surface area contributed by atoms with Crippen LogP contribution in [0.1, 0.15) is 24.3 Å². The second-order valence-corrected chi connectivity index (χ2v) is 6.33. The van der Waals surface area contributed by atoms with Crippen LogP contribution in [0.25, 0.3) is 11.4 Å². The van der Waals surface area contributed by atoms with Crippen LogP contribution in [0.2, 0.25) is 0 Å². The van der Waals surface area contributed by atoms with Crippen molar-refractivity contribution in [2.75, 3.05) is 26.9 Å². The van der Waals surface area contributed by atoms with Gasteiger partial charge in [-0.1, -0.05) is 5.16 Å². The van der Waals surface area contributed by atoms with Gasteiger partial charge in [-0.3, -0.25) is 4.90 Å². The molecule has 0 amide bonds. The number of hydrogen-bond donors (Lipinski definition) is 1. The number of rotatable bonds is 5. The van der Waals surface area contributed by atoms with E-state index >= 15 is 0 Å². The fourth-order valence-electron chi connectivity index (χ4n) is 3.00. The van der Waals surface area contributed by atoms with Gasteiger partial charge in [-0.15, -0.1) is 0 Å². The van der Waals surface area contributed by atoms with Gasteiger partial charge in [0, 0.05) is 24.3 Å². The number of aliphatic hydroxyl groups excluding tert-OH is 1. The van der Waals surface area contributed by atoms with Gasteiger partial charge >= 0.3 is 0 Å². The van der Waals surface area contributed by atoms with E-state index in [1.54, 1.807) is 19.1 Å². The summed E-state index contributed by atoms with van der Waals surface area (Å²) >= 11 is 0. The number of ether oxygens (including phenoxy) is 1. The average molecular weight is 335 g/mol. The zero-order chi connectivity index (χ0) is 17.2. The van der Waals surface area contributed by atoms with E-state index in [9.17, 15) is 9.50 Å². The highest BCUT2D eigenvalue weighted by atomic mass is 19.1. The van der Waals surface area contributed by atoms with E-state index in [2.05, 4.69) is 10.1 Å². The summed E-state index contributed by atoms with van der Waals surface area (Å²) < 4.78 is 24.1. The number of aryl methyl sites for hydroxylation is 1. The van der Waals surface area contributed by atoms with Crippen molar-refractivity contribution in [3.05, 3.63) is 35.5 Å². The molecule has 0 spiro atoms. The molecule has 1 fully saturated rings. The summed E-state index contributed by atoms with van der Waals surface area (Å²) in [6.07, 6.45) is 1.52. The summed E-state index contributed by atoms with van der Waals surface area (Å²) in [4.78, 5) is 6.44. The second-order valence-electron chi connectivity index (χ2n) is 6.33. The van der Waals surface area contributed by atoms with Crippen LogP contribution in [0, 0.1) is 12.7 Å². The lowest BCUT2D eigenvalue weighted by atomic mass is 9.89. The van der Waals surface area contributed by atoms with Gasteiger partial charge in [-0.25, -0.2) is 4.39 Å². The lowest BCUT2D eigenvalue weighted by molar-refractivity contribution is -0.0521. The Kier molecular flexibility index (Phi) is 4.93. The normalized spacial score (nSPS) is 17.4. The SMILES string of the molecule is Cc1cc(-c2noc(CN(C)C3(CO)CCOCC3)n2)ccc1F. The summed E-state index contributed by atoms with van der Waals surface area (Å²) in [7, 11) is 1.94. The molecule has 1 saturated heterocycles. The summed E-state index contributed by atoms with van der Waals surface area (Å²) in [5.74, 6) is 0.645. The Hall–Kier alpha value is -1.83. The molecule has 130 valence electrons. The van der Waals surface area contributed by atoms with Gasteiger partial charge in [0.2, 0.25) is 11.7 Å². The maximum absolute atomic E-state index is 13.4. The molecule has 3 rings (SSSR count). The first-order valence-electron chi connectivity index (χ1n) is 8.03. The van der Waals surface area contributed by atoms with Crippen LogP contribution < -0.4 is 0 Å². The fourth-order valence-corrected chi connectivity index (χ4v) is 3.00. The predicted octanol–water partition coefficient (Wildman–Crippen LogP) is 2.16. The molecule has 2 aromatic rings. The van der Waals surface area contributed by atoms with E-state index in [4.69, 9.17) is 9.26 Å². The summed E-state index contributed by atoms with van der Waals surface area (Å²) in [6.45, 7) is 3.46. The van der Waals surface area contributed by atoms with Gasteiger partial charge in [0.05, 0.1) is 13.2 Å². The molecule has 0 unspecified atom stereocenters. The van der Waals surface area contributed by atoms with Crippen LogP contribution in [0.15, 0.2) is 22.7 Å². The number of benzene rings is 1. The molecule has 1 aromatic carbocycles. The molecule has 0 aliphatic carbocycles. The highest BCUT2D eigenvalue weighted by molar-refractivity contribution is 5.55. The van der Waals surface area contributed by atoms with E-state index in [1.165, 1.54) is 6.07 Å². The number of halogens is 1. The standard InChI is InChI=1S/C17H22FN3O3/c1-12-9-13(3-4-14(12)18)16-19-15(24-20-16)10-21(2)17(11-22)5-7-23-8-6-17/h3-4,9,22H,5-8,10-11H2,1-2H3. The molecule has 0 atom stereocenters. The van der Waals surface area contributed by atoms with Crippen molar-refractivity contribution < 1.29 is 18.8 Å². The molecular weight excluding hydrogens is 313 g/mol. The number of aromatic nitrogens is 2. The summed E-state index contributed by atoms with van der Waals surface area (Å²) in [5, 5.41) is 13.8. The van der Waals surface area contributed by atoms with Crippen molar-refractivity contribution in [1.29, 1.82) is 0 Å². The Morgan fingerprint density at radius 3 is 2.75 bits per heavy atom. The van der Waals surface area contributed by atoms with Crippen molar-refractivity contribution in [3.8, 4) is 11.4 Å². The van der Waals surface area contributed by atoms with Crippen molar-refractivity contribution in [3.63, 3.8) is 0 Å². The third kappa shape index (κ3) is 3.33. The van der Waals surface area contributed by atoms with Crippen molar-refractivity contribution >= 4 is 0 Å². The fraction of sp³-hybridized carbons (Fsp3) is 0.529. The first-order chi connectivity index (χ1) is 11.5. The summed E-state index contributed by atoms with van der Waals surface area (Å²) in [6, 6.07) is 4.73. The largest absolute Gasteiger partial charge is 0.394 e. The van der Waals surface area contributed by atoms with Gasteiger partial charge < -0.3 is 14.4 Å². The first kappa shape index (κ1) is 17.0. The highest BCUT2D eigenvalue weighted by Gasteiger charge is 2.36. The Morgan fingerprint density at radius 1 is 1.33 bits per heavy atom. The van der Waals surface area contributed by atoms with Crippen LogP contribution >= 0.6 is 0 Å². The topological polar surface area (TPSA) is 71.6 Å². The molecule has 24 heavy (non-hydrogen) atoms. The van der Waals surface area contributed by atoms with Crippen molar-refractivity contribution in [1.82, 2.24) is 15.0 Å². The third-order valence-electron chi connectivity index (χ3n) is 4.78. The van der Waals surface area contributed by atoms with Crippen LogP contribution in [-0.4, -0.2) is 52.6 Å². The lowest BCUT2D eigenvalue weighted by Crippen LogP contribution is -2.52. The minimum atomic E-state index is -0.320. The molecule has 1 aliphatic rings. The second kappa shape index (κ2) is 6.96. The number of nitrogens with zero attached hydrogens (tertiary/aromatic N) is 3. The van der Waals surface area contributed by atoms with E-state index in [0.717, 1.165) is 18.4 Å². The molecule has 1 aliphatic heterocycles. The molecule has 1 N–H and O–H groups in total. The van der Waals surface area contributed by atoms with Gasteiger partial charge in [0.1, 0.15) is 5.82 Å². The number of aliphatic hydroxyl groups is 1. The Bertz CT molecular complexity index is 698. The van der Waals surface area contributed by atoms with E-state index in [-0.39, 0.29) is 18.0 Å². The Balaban J connectivity index is 1.74.